The molecule has 2 nitrogen and oxygen atoms in total. The van der Waals surface area contributed by atoms with Gasteiger partial charge in [0.05, 0.1) is 0 Å². The topological polar surface area (TPSA) is 16.4 Å². The molecule has 9 aromatic carbocycles. The van der Waals surface area contributed by atoms with E-state index >= 15 is 0 Å². The quantitative estimate of drug-likeness (QED) is 0.169. The summed E-state index contributed by atoms with van der Waals surface area (Å²) < 4.78 is 6.92. The molecule has 0 radical (unpaired) electrons. The maximum atomic E-state index is 6.92. The van der Waals surface area contributed by atoms with Crippen molar-refractivity contribution in [2.24, 2.45) is 0 Å². The van der Waals surface area contributed by atoms with Gasteiger partial charge >= 0.3 is 0 Å². The van der Waals surface area contributed by atoms with Gasteiger partial charge in [-0.15, -0.1) is 0 Å². The number of furan rings is 1. The Labute approximate surface area is 332 Å². The molecule has 10 aromatic rings. The van der Waals surface area contributed by atoms with Crippen LogP contribution in [0.5, 0.6) is 0 Å². The highest BCUT2D eigenvalue weighted by molar-refractivity contribution is 6.23. The van der Waals surface area contributed by atoms with Crippen molar-refractivity contribution in [1.82, 2.24) is 0 Å². The van der Waals surface area contributed by atoms with Crippen LogP contribution in [0.25, 0.3) is 77.2 Å². The van der Waals surface area contributed by atoms with Crippen molar-refractivity contribution < 1.29 is 4.42 Å². The fourth-order valence-corrected chi connectivity index (χ4v) is 9.27. The van der Waals surface area contributed by atoms with Gasteiger partial charge in [0.2, 0.25) is 0 Å². The van der Waals surface area contributed by atoms with Gasteiger partial charge in [-0.2, -0.15) is 0 Å². The van der Waals surface area contributed by atoms with Gasteiger partial charge in [0.1, 0.15) is 11.2 Å². The summed E-state index contributed by atoms with van der Waals surface area (Å²) in [4.78, 5) is 2.40. The Morgan fingerprint density at radius 1 is 0.368 bits per heavy atom. The minimum Gasteiger partial charge on any atom is -0.455 e. The molecule has 0 bridgehead atoms. The lowest BCUT2D eigenvalue weighted by Crippen LogP contribution is -2.16. The van der Waals surface area contributed by atoms with E-state index in [0.29, 0.717) is 0 Å². The minimum atomic E-state index is -0.117. The van der Waals surface area contributed by atoms with Gasteiger partial charge in [0, 0.05) is 38.8 Å². The number of fused-ring (bicyclic) bond motifs is 8. The first kappa shape index (κ1) is 33.2. The molecule has 0 amide bonds. The van der Waals surface area contributed by atoms with E-state index in [2.05, 4.69) is 219 Å². The summed E-state index contributed by atoms with van der Waals surface area (Å²) in [6, 6.07) is 72.4. The number of hydrogen-bond acceptors (Lipinski definition) is 2. The average Bonchev–Trinajstić information content (AvgIpc) is 3.76. The van der Waals surface area contributed by atoms with E-state index in [0.717, 1.165) is 50.1 Å². The van der Waals surface area contributed by atoms with Gasteiger partial charge in [-0.3, -0.25) is 0 Å². The molecule has 0 N–H and O–H groups in total. The van der Waals surface area contributed by atoms with E-state index in [1.165, 1.54) is 55.3 Å². The van der Waals surface area contributed by atoms with E-state index in [4.69, 9.17) is 4.42 Å². The van der Waals surface area contributed by atoms with Crippen LogP contribution in [0.1, 0.15) is 25.0 Å². The predicted molar refractivity (Wildman–Crippen MR) is 240 cm³/mol. The zero-order valence-electron chi connectivity index (χ0n) is 31.9. The highest BCUT2D eigenvalue weighted by atomic mass is 16.3. The maximum absolute atomic E-state index is 6.92. The van der Waals surface area contributed by atoms with Gasteiger partial charge < -0.3 is 9.32 Å². The van der Waals surface area contributed by atoms with Crippen molar-refractivity contribution in [3.05, 3.63) is 211 Å². The standard InChI is InChI=1S/C55H39NO/c1-55(2)50-26-12-11-22-45(50)46-32-31-42(34-51(46)55)56(40-29-27-37(28-30-40)36-15-5-3-6-16-36)41-20-13-19-39(33-41)43-24-14-25-48-53-47-23-10-9-21-44(47)49(35-52(53)57-54(43)48)38-17-7-4-8-18-38/h3-35H,1-2H3. The predicted octanol–water partition coefficient (Wildman–Crippen LogP) is 15.5. The highest BCUT2D eigenvalue weighted by Crippen LogP contribution is 2.51. The molecule has 0 saturated carbocycles. The number of benzene rings is 9. The van der Waals surface area contributed by atoms with Crippen LogP contribution >= 0.6 is 0 Å². The molecule has 0 unspecified atom stereocenters. The smallest absolute Gasteiger partial charge is 0.143 e. The molecule has 11 rings (SSSR count). The van der Waals surface area contributed by atoms with Crippen molar-refractivity contribution in [3.63, 3.8) is 0 Å². The van der Waals surface area contributed by atoms with Crippen molar-refractivity contribution in [1.29, 1.82) is 0 Å². The molecule has 57 heavy (non-hydrogen) atoms. The molecule has 0 aliphatic heterocycles. The first-order valence-corrected chi connectivity index (χ1v) is 19.8. The van der Waals surface area contributed by atoms with E-state index in [-0.39, 0.29) is 5.41 Å². The van der Waals surface area contributed by atoms with Crippen LogP contribution in [0.2, 0.25) is 0 Å². The Balaban J connectivity index is 1.08. The number of hydrogen-bond donors (Lipinski definition) is 0. The van der Waals surface area contributed by atoms with Crippen LogP contribution in [0, 0.1) is 0 Å². The number of rotatable bonds is 6. The third-order valence-corrected chi connectivity index (χ3v) is 12.1. The van der Waals surface area contributed by atoms with Crippen molar-refractivity contribution in [2.45, 2.75) is 19.3 Å². The third kappa shape index (κ3) is 5.33. The molecular weight excluding hydrogens is 691 g/mol. The van der Waals surface area contributed by atoms with Crippen LogP contribution in [-0.2, 0) is 5.41 Å². The molecule has 1 aromatic heterocycles. The van der Waals surface area contributed by atoms with Crippen LogP contribution < -0.4 is 4.90 Å². The van der Waals surface area contributed by atoms with E-state index < -0.39 is 0 Å². The Bertz CT molecular complexity index is 3140. The highest BCUT2D eigenvalue weighted by Gasteiger charge is 2.35. The summed E-state index contributed by atoms with van der Waals surface area (Å²) in [5.74, 6) is 0. The molecule has 0 spiro atoms. The minimum absolute atomic E-state index is 0.117. The van der Waals surface area contributed by atoms with Crippen LogP contribution in [-0.4, -0.2) is 0 Å². The summed E-state index contributed by atoms with van der Waals surface area (Å²) in [7, 11) is 0. The van der Waals surface area contributed by atoms with E-state index in [1.54, 1.807) is 0 Å². The first-order chi connectivity index (χ1) is 28.0. The summed E-state index contributed by atoms with van der Waals surface area (Å²) in [6.07, 6.45) is 0. The van der Waals surface area contributed by atoms with E-state index in [9.17, 15) is 0 Å². The second kappa shape index (κ2) is 13.0. The number of anilines is 3. The maximum Gasteiger partial charge on any atom is 0.143 e. The zero-order chi connectivity index (χ0) is 38.1. The normalized spacial score (nSPS) is 12.9. The fraction of sp³-hybridized carbons (Fsp3) is 0.0545. The third-order valence-electron chi connectivity index (χ3n) is 12.1. The van der Waals surface area contributed by atoms with Crippen molar-refractivity contribution in [2.75, 3.05) is 4.90 Å². The fourth-order valence-electron chi connectivity index (χ4n) is 9.27. The number of para-hydroxylation sites is 1. The van der Waals surface area contributed by atoms with Gasteiger partial charge in [-0.1, -0.05) is 172 Å². The lowest BCUT2D eigenvalue weighted by molar-refractivity contribution is 0.660. The first-order valence-electron chi connectivity index (χ1n) is 19.8. The van der Waals surface area contributed by atoms with E-state index in [1.807, 2.05) is 0 Å². The molecule has 1 aliphatic rings. The summed E-state index contributed by atoms with van der Waals surface area (Å²) in [6.45, 7) is 4.70. The lowest BCUT2D eigenvalue weighted by atomic mass is 9.82. The van der Waals surface area contributed by atoms with Crippen molar-refractivity contribution in [3.8, 4) is 44.5 Å². The molecule has 0 fully saturated rings. The molecule has 1 aliphatic carbocycles. The molecule has 2 heteroatoms. The van der Waals surface area contributed by atoms with Gasteiger partial charge in [-0.25, -0.2) is 0 Å². The average molecular weight is 730 g/mol. The van der Waals surface area contributed by atoms with Crippen LogP contribution in [0.3, 0.4) is 0 Å². The summed E-state index contributed by atoms with van der Waals surface area (Å²) in [5, 5.41) is 4.70. The van der Waals surface area contributed by atoms with Gasteiger partial charge in [0.15, 0.2) is 0 Å². The molecule has 0 atom stereocenters. The Morgan fingerprint density at radius 3 is 1.75 bits per heavy atom. The summed E-state index contributed by atoms with van der Waals surface area (Å²) >= 11 is 0. The summed E-state index contributed by atoms with van der Waals surface area (Å²) in [5.41, 5.74) is 17.3. The second-order valence-corrected chi connectivity index (χ2v) is 15.7. The van der Waals surface area contributed by atoms with Crippen molar-refractivity contribution >= 4 is 49.8 Å². The lowest BCUT2D eigenvalue weighted by Gasteiger charge is -2.28. The molecule has 1 heterocycles. The van der Waals surface area contributed by atoms with Gasteiger partial charge in [0.25, 0.3) is 0 Å². The molecule has 270 valence electrons. The molecule has 0 saturated heterocycles. The largest absolute Gasteiger partial charge is 0.455 e. The Hall–Kier alpha value is -7.16. The Morgan fingerprint density at radius 2 is 0.947 bits per heavy atom. The van der Waals surface area contributed by atoms with Crippen LogP contribution in [0.4, 0.5) is 17.1 Å². The number of nitrogens with zero attached hydrogens (tertiary/aromatic N) is 1. The SMILES string of the molecule is CC1(C)c2ccccc2-c2ccc(N(c3ccc(-c4ccccc4)cc3)c3cccc(-c4cccc5c4oc4cc(-c6ccccc6)c6ccccc6c45)c3)cc21. The Kier molecular flexibility index (Phi) is 7.55. The van der Waals surface area contributed by atoms with Crippen LogP contribution in [0.15, 0.2) is 205 Å². The molecular formula is C55H39NO. The monoisotopic (exact) mass is 729 g/mol. The second-order valence-electron chi connectivity index (χ2n) is 15.7. The zero-order valence-corrected chi connectivity index (χ0v) is 31.9. The van der Waals surface area contributed by atoms with Gasteiger partial charge in [-0.05, 0) is 103 Å².